The summed E-state index contributed by atoms with van der Waals surface area (Å²) in [7, 11) is -4.87. The van der Waals surface area contributed by atoms with Gasteiger partial charge in [-0.1, -0.05) is 0 Å². The van der Waals surface area contributed by atoms with E-state index in [1.165, 1.54) is 0 Å². The third kappa shape index (κ3) is 6.77. The molecule has 18 heavy (non-hydrogen) atoms. The van der Waals surface area contributed by atoms with Crippen molar-refractivity contribution in [3.05, 3.63) is 0 Å². The molecule has 7 N–H and O–H groups in total. The van der Waals surface area contributed by atoms with Crippen molar-refractivity contribution in [3.8, 4) is 0 Å². The zero-order valence-corrected chi connectivity index (χ0v) is 9.93. The van der Waals surface area contributed by atoms with Crippen LogP contribution in [0.5, 0.6) is 0 Å². The highest BCUT2D eigenvalue weighted by atomic mass is 31.2. The Bertz CT molecular complexity index is 353. The van der Waals surface area contributed by atoms with Gasteiger partial charge >= 0.3 is 13.8 Å². The number of carbonyl (C=O) groups is 2. The highest BCUT2D eigenvalue weighted by molar-refractivity contribution is 7.46. The Kier molecular flexibility index (Phi) is 6.57. The van der Waals surface area contributed by atoms with Crippen LogP contribution < -0.4 is 5.73 Å². The zero-order valence-electron chi connectivity index (χ0n) is 9.04. The van der Waals surface area contributed by atoms with Gasteiger partial charge in [0.05, 0.1) is 6.10 Å². The number of phosphoric acid groups is 1. The van der Waals surface area contributed by atoms with Crippen LogP contribution in [0.4, 0.5) is 0 Å². The lowest BCUT2D eigenvalue weighted by Crippen LogP contribution is -2.42. The van der Waals surface area contributed by atoms with Gasteiger partial charge in [-0.2, -0.15) is 0 Å². The number of carboxylic acids is 1. The molecule has 0 aromatic rings. The van der Waals surface area contributed by atoms with Crippen LogP contribution in [0.15, 0.2) is 0 Å². The minimum atomic E-state index is -4.87. The van der Waals surface area contributed by atoms with Gasteiger partial charge in [-0.05, 0) is 0 Å². The van der Waals surface area contributed by atoms with Crippen LogP contribution >= 0.6 is 7.82 Å². The summed E-state index contributed by atoms with van der Waals surface area (Å²) in [6.45, 7) is -1.12. The molecular weight excluding hydrogens is 273 g/mol. The van der Waals surface area contributed by atoms with Crippen molar-refractivity contribution in [2.75, 3.05) is 6.61 Å². The van der Waals surface area contributed by atoms with Crippen molar-refractivity contribution in [2.45, 2.75) is 24.7 Å². The summed E-state index contributed by atoms with van der Waals surface area (Å²) >= 11 is 0. The van der Waals surface area contributed by atoms with Crippen LogP contribution in [-0.2, 0) is 18.7 Å². The monoisotopic (exact) mass is 287 g/mol. The quantitative estimate of drug-likeness (QED) is 0.254. The molecule has 3 atom stereocenters. The molecule has 11 heteroatoms. The van der Waals surface area contributed by atoms with Crippen LogP contribution in [-0.4, -0.2) is 61.7 Å². The number of aliphatic hydroxyl groups is 2. The number of Topliss-reactive ketones (excluding diaryl/α,β-unsaturated/α-hetero) is 1. The van der Waals surface area contributed by atoms with Gasteiger partial charge in [0.25, 0.3) is 0 Å². The van der Waals surface area contributed by atoms with Crippen molar-refractivity contribution in [1.82, 2.24) is 0 Å². The first-order valence-corrected chi connectivity index (χ1v) is 6.15. The van der Waals surface area contributed by atoms with Gasteiger partial charge in [-0.3, -0.25) is 14.1 Å². The van der Waals surface area contributed by atoms with Gasteiger partial charge in [-0.25, -0.2) is 4.57 Å². The highest BCUT2D eigenvalue weighted by Crippen LogP contribution is 2.35. The molecule has 0 aromatic heterocycles. The fraction of sp³-hybridized carbons (Fsp3) is 0.714. The van der Waals surface area contributed by atoms with Crippen LogP contribution in [0.1, 0.15) is 6.42 Å². The Morgan fingerprint density at radius 2 is 1.78 bits per heavy atom. The number of aliphatic carboxylic acids is 1. The molecule has 0 saturated carbocycles. The maximum absolute atomic E-state index is 11.1. The largest absolute Gasteiger partial charge is 0.480 e. The number of ketones is 1. The molecule has 10 nitrogen and oxygen atoms in total. The van der Waals surface area contributed by atoms with Gasteiger partial charge in [0.1, 0.15) is 18.8 Å². The van der Waals surface area contributed by atoms with Gasteiger partial charge < -0.3 is 30.8 Å². The van der Waals surface area contributed by atoms with E-state index in [-0.39, 0.29) is 0 Å². The number of hydrogen-bond donors (Lipinski definition) is 6. The smallest absolute Gasteiger partial charge is 0.470 e. The van der Waals surface area contributed by atoms with Crippen molar-refractivity contribution in [3.63, 3.8) is 0 Å². The van der Waals surface area contributed by atoms with Crippen LogP contribution in [0.3, 0.4) is 0 Å². The predicted molar refractivity (Wildman–Crippen MR) is 55.2 cm³/mol. The minimum Gasteiger partial charge on any atom is -0.480 e. The Morgan fingerprint density at radius 1 is 1.28 bits per heavy atom. The molecule has 106 valence electrons. The molecule has 0 saturated heterocycles. The summed E-state index contributed by atoms with van der Waals surface area (Å²) in [6.07, 6.45) is -4.41. The molecule has 0 fully saturated rings. The van der Waals surface area contributed by atoms with Gasteiger partial charge in [-0.15, -0.1) is 0 Å². The number of nitrogens with two attached hydrogens (primary N) is 1. The first kappa shape index (κ1) is 17.1. The molecule has 0 aliphatic carbocycles. The average molecular weight is 287 g/mol. The van der Waals surface area contributed by atoms with Crippen LogP contribution in [0.25, 0.3) is 0 Å². The first-order chi connectivity index (χ1) is 8.04. The highest BCUT2D eigenvalue weighted by Gasteiger charge is 2.29. The third-order valence-electron chi connectivity index (χ3n) is 1.88. The minimum absolute atomic E-state index is 0.599. The van der Waals surface area contributed by atoms with Gasteiger partial charge in [0.15, 0.2) is 5.78 Å². The second-order valence-corrected chi connectivity index (χ2v) is 4.66. The first-order valence-electron chi connectivity index (χ1n) is 4.62. The fourth-order valence-corrected chi connectivity index (χ4v) is 1.23. The molecular formula is C7H14NO9P. The number of hydrogen-bond acceptors (Lipinski definition) is 7. The topological polar surface area (TPSA) is 188 Å². The maximum atomic E-state index is 11.1. The normalized spacial score (nSPS) is 16.9. The summed E-state index contributed by atoms with van der Waals surface area (Å²) in [5.74, 6) is -2.64. The summed E-state index contributed by atoms with van der Waals surface area (Å²) < 4.78 is 14.1. The second-order valence-electron chi connectivity index (χ2n) is 3.42. The van der Waals surface area contributed by atoms with E-state index in [2.05, 4.69) is 4.52 Å². The standard InChI is InChI=1S/C7H14NO9P/c8-3(7(12)13)1-4(9)6(11)5(10)2-17-18(14,15)16/h3-4,6,9,11H,1-2,8H2,(H,12,13)(H2,14,15,16)/t3-,4?,6?/m0/s1. The van der Waals surface area contributed by atoms with Crippen molar-refractivity contribution >= 4 is 19.6 Å². The van der Waals surface area contributed by atoms with Gasteiger partial charge in [0.2, 0.25) is 0 Å². The lowest BCUT2D eigenvalue weighted by Gasteiger charge is -2.18. The lowest BCUT2D eigenvalue weighted by atomic mass is 10.0. The predicted octanol–water partition coefficient (Wildman–Crippen LogP) is -2.81. The van der Waals surface area contributed by atoms with Crippen LogP contribution in [0.2, 0.25) is 0 Å². The van der Waals surface area contributed by atoms with Gasteiger partial charge in [0, 0.05) is 6.42 Å². The summed E-state index contributed by atoms with van der Waals surface area (Å²) in [5, 5.41) is 26.9. The molecule has 0 aliphatic rings. The van der Waals surface area contributed by atoms with Crippen molar-refractivity contribution in [2.24, 2.45) is 5.73 Å². The maximum Gasteiger partial charge on any atom is 0.470 e. The number of phosphoric ester groups is 1. The van der Waals surface area contributed by atoms with Crippen molar-refractivity contribution < 1.29 is 43.8 Å². The Morgan fingerprint density at radius 3 is 2.17 bits per heavy atom. The van der Waals surface area contributed by atoms with E-state index in [1.807, 2.05) is 0 Å². The number of rotatable bonds is 8. The lowest BCUT2D eigenvalue weighted by molar-refractivity contribution is -0.142. The second kappa shape index (κ2) is 6.90. The van der Waals surface area contributed by atoms with E-state index in [0.717, 1.165) is 0 Å². The van der Waals surface area contributed by atoms with E-state index >= 15 is 0 Å². The number of aliphatic hydroxyl groups excluding tert-OH is 2. The Hall–Kier alpha value is -0.870. The zero-order chi connectivity index (χ0) is 14.5. The van der Waals surface area contributed by atoms with Crippen molar-refractivity contribution in [1.29, 1.82) is 0 Å². The van der Waals surface area contributed by atoms with E-state index in [4.69, 9.17) is 20.6 Å². The van der Waals surface area contributed by atoms with E-state index in [9.17, 15) is 24.4 Å². The Balaban J connectivity index is 4.28. The Labute approximate surface area is 101 Å². The number of carbonyl (C=O) groups excluding carboxylic acids is 1. The number of carboxylic acid groups (broad SMARTS) is 1. The molecule has 0 radical (unpaired) electrons. The van der Waals surface area contributed by atoms with Crippen LogP contribution in [0, 0.1) is 0 Å². The van der Waals surface area contributed by atoms with E-state index < -0.39 is 50.9 Å². The van der Waals surface area contributed by atoms with E-state index in [1.54, 1.807) is 0 Å². The summed E-state index contributed by atoms with van der Waals surface area (Å²) in [6, 6.07) is -1.48. The summed E-state index contributed by atoms with van der Waals surface area (Å²) in [5.41, 5.74) is 5.06. The third-order valence-corrected chi connectivity index (χ3v) is 2.35. The SMILES string of the molecule is N[C@@H](CC(O)C(O)C(=O)COP(=O)(O)O)C(=O)O. The molecule has 0 aliphatic heterocycles. The molecule has 0 amide bonds. The molecule has 0 rings (SSSR count). The molecule has 0 aromatic carbocycles. The molecule has 0 bridgehead atoms. The average Bonchev–Trinajstić information content (AvgIpc) is 2.23. The molecule has 2 unspecified atom stereocenters. The molecule has 0 heterocycles. The summed E-state index contributed by atoms with van der Waals surface area (Å²) in [4.78, 5) is 38.1. The molecule has 0 spiro atoms. The van der Waals surface area contributed by atoms with E-state index in [0.29, 0.717) is 0 Å². The fourth-order valence-electron chi connectivity index (χ4n) is 0.938.